The molecule has 0 unspecified atom stereocenters. The molecule has 0 aliphatic carbocycles. The molecule has 0 saturated carbocycles. The number of ether oxygens (including phenoxy) is 2. The lowest BCUT2D eigenvalue weighted by atomic mass is 10.1. The van der Waals surface area contributed by atoms with Crippen LogP contribution in [0.5, 0.6) is 11.5 Å². The fourth-order valence-corrected chi connectivity index (χ4v) is 1.40. The molecule has 1 rings (SSSR count). The van der Waals surface area contributed by atoms with Gasteiger partial charge in [0, 0.05) is 6.42 Å². The highest BCUT2D eigenvalue weighted by Gasteiger charge is 2.05. The van der Waals surface area contributed by atoms with Gasteiger partial charge in [0.25, 0.3) is 0 Å². The van der Waals surface area contributed by atoms with Gasteiger partial charge in [-0.3, -0.25) is 0 Å². The molecule has 88 valence electrons. The second kappa shape index (κ2) is 5.85. The highest BCUT2D eigenvalue weighted by molar-refractivity contribution is 5.80. The van der Waals surface area contributed by atoms with Gasteiger partial charge in [-0.05, 0) is 30.2 Å². The van der Waals surface area contributed by atoms with Gasteiger partial charge in [0.2, 0.25) is 0 Å². The Hall–Kier alpha value is -1.91. The summed E-state index contributed by atoms with van der Waals surface area (Å²) < 4.78 is 10.4. The second-order valence-corrected chi connectivity index (χ2v) is 3.30. The topological polar surface area (TPSA) is 82.9 Å². The van der Waals surface area contributed by atoms with E-state index in [1.165, 1.54) is 0 Å². The Morgan fingerprint density at radius 2 is 2.06 bits per heavy atom. The van der Waals surface area contributed by atoms with Crippen LogP contribution >= 0.6 is 0 Å². The Morgan fingerprint density at radius 3 is 2.62 bits per heavy atom. The molecule has 0 aliphatic rings. The van der Waals surface area contributed by atoms with Crippen LogP contribution in [0.2, 0.25) is 0 Å². The van der Waals surface area contributed by atoms with Gasteiger partial charge in [0.1, 0.15) is 17.3 Å². The van der Waals surface area contributed by atoms with Crippen LogP contribution in [0.1, 0.15) is 12.0 Å². The molecule has 5 heteroatoms. The number of nitrogens with two attached hydrogens (primary N) is 2. The Balaban J connectivity index is 2.83. The summed E-state index contributed by atoms with van der Waals surface area (Å²) >= 11 is 0. The van der Waals surface area contributed by atoms with E-state index >= 15 is 0 Å². The average molecular weight is 223 g/mol. The molecular weight excluding hydrogens is 206 g/mol. The standard InChI is InChI=1S/C11H17N3O2/c1-15-9-4-5-10(16-2)8(7-9)3-6-11(12)14-13/h4-5,7H,3,6,13H2,1-2H3,(H2,12,14). The molecule has 4 N–H and O–H groups in total. The number of hydrazone groups is 1. The molecule has 0 aliphatic heterocycles. The van der Waals surface area contributed by atoms with Crippen molar-refractivity contribution in [3.05, 3.63) is 23.8 Å². The summed E-state index contributed by atoms with van der Waals surface area (Å²) in [4.78, 5) is 0. The SMILES string of the molecule is COc1ccc(OC)c(CCC(N)=NN)c1. The number of methoxy groups -OCH3 is 2. The molecule has 0 fully saturated rings. The first kappa shape index (κ1) is 12.2. The van der Waals surface area contributed by atoms with E-state index in [-0.39, 0.29) is 0 Å². The third kappa shape index (κ3) is 3.05. The maximum Gasteiger partial charge on any atom is 0.122 e. The number of rotatable bonds is 5. The van der Waals surface area contributed by atoms with E-state index < -0.39 is 0 Å². The minimum absolute atomic E-state index is 0.421. The molecule has 0 aromatic heterocycles. The maximum atomic E-state index is 5.54. The first-order chi connectivity index (χ1) is 7.71. The monoisotopic (exact) mass is 223 g/mol. The fraction of sp³-hybridized carbons (Fsp3) is 0.364. The van der Waals surface area contributed by atoms with Crippen molar-refractivity contribution in [2.24, 2.45) is 16.7 Å². The first-order valence-electron chi connectivity index (χ1n) is 4.94. The fourth-order valence-electron chi connectivity index (χ4n) is 1.40. The molecule has 0 bridgehead atoms. The van der Waals surface area contributed by atoms with E-state index in [4.69, 9.17) is 21.1 Å². The van der Waals surface area contributed by atoms with Gasteiger partial charge in [0.05, 0.1) is 14.2 Å². The molecular formula is C11H17N3O2. The van der Waals surface area contributed by atoms with Crippen molar-refractivity contribution in [3.8, 4) is 11.5 Å². The molecule has 5 nitrogen and oxygen atoms in total. The van der Waals surface area contributed by atoms with Gasteiger partial charge < -0.3 is 21.1 Å². The summed E-state index contributed by atoms with van der Waals surface area (Å²) in [6.45, 7) is 0. The number of amidine groups is 1. The smallest absolute Gasteiger partial charge is 0.122 e. The van der Waals surface area contributed by atoms with Crippen LogP contribution in [0.25, 0.3) is 0 Å². The maximum absolute atomic E-state index is 5.54. The summed E-state index contributed by atoms with van der Waals surface area (Å²) in [7, 11) is 3.26. The summed E-state index contributed by atoms with van der Waals surface area (Å²) in [5.41, 5.74) is 6.56. The van der Waals surface area contributed by atoms with Crippen LogP contribution < -0.4 is 21.1 Å². The van der Waals surface area contributed by atoms with Crippen molar-refractivity contribution in [1.82, 2.24) is 0 Å². The zero-order valence-electron chi connectivity index (χ0n) is 9.56. The third-order valence-corrected chi connectivity index (χ3v) is 2.30. The van der Waals surface area contributed by atoms with E-state index in [1.807, 2.05) is 18.2 Å². The van der Waals surface area contributed by atoms with Crippen molar-refractivity contribution >= 4 is 5.84 Å². The van der Waals surface area contributed by atoms with Crippen molar-refractivity contribution in [2.45, 2.75) is 12.8 Å². The van der Waals surface area contributed by atoms with Gasteiger partial charge in [-0.2, -0.15) is 5.10 Å². The molecule has 1 aromatic carbocycles. The van der Waals surface area contributed by atoms with Crippen LogP contribution in [0.3, 0.4) is 0 Å². The highest BCUT2D eigenvalue weighted by atomic mass is 16.5. The van der Waals surface area contributed by atoms with E-state index in [2.05, 4.69) is 5.10 Å². The lowest BCUT2D eigenvalue weighted by molar-refractivity contribution is 0.399. The number of hydrogen-bond donors (Lipinski definition) is 2. The Morgan fingerprint density at radius 1 is 1.31 bits per heavy atom. The Bertz CT molecular complexity index is 377. The number of nitrogens with zero attached hydrogens (tertiary/aromatic N) is 1. The summed E-state index contributed by atoms with van der Waals surface area (Å²) in [5, 5.41) is 3.42. The van der Waals surface area contributed by atoms with Crippen molar-refractivity contribution in [1.29, 1.82) is 0 Å². The largest absolute Gasteiger partial charge is 0.497 e. The van der Waals surface area contributed by atoms with Crippen LogP contribution in [-0.4, -0.2) is 20.1 Å². The molecule has 16 heavy (non-hydrogen) atoms. The summed E-state index contributed by atoms with van der Waals surface area (Å²) in [5.74, 6) is 7.09. The number of hydrogen-bond acceptors (Lipinski definition) is 4. The van der Waals surface area contributed by atoms with Crippen molar-refractivity contribution in [2.75, 3.05) is 14.2 Å². The molecule has 1 aromatic rings. The molecule has 0 heterocycles. The van der Waals surface area contributed by atoms with Crippen LogP contribution in [0.4, 0.5) is 0 Å². The zero-order chi connectivity index (χ0) is 12.0. The predicted molar refractivity (Wildman–Crippen MR) is 63.7 cm³/mol. The van der Waals surface area contributed by atoms with Gasteiger partial charge >= 0.3 is 0 Å². The summed E-state index contributed by atoms with van der Waals surface area (Å²) in [6, 6.07) is 5.63. The van der Waals surface area contributed by atoms with E-state index in [1.54, 1.807) is 14.2 Å². The van der Waals surface area contributed by atoms with Crippen LogP contribution in [0.15, 0.2) is 23.3 Å². The van der Waals surface area contributed by atoms with Gasteiger partial charge in [-0.15, -0.1) is 0 Å². The third-order valence-electron chi connectivity index (χ3n) is 2.30. The Kier molecular flexibility index (Phi) is 4.44. The summed E-state index contributed by atoms with van der Waals surface area (Å²) in [6.07, 6.45) is 1.31. The second-order valence-electron chi connectivity index (χ2n) is 3.30. The molecule has 0 amide bonds. The molecule has 0 spiro atoms. The van der Waals surface area contributed by atoms with Gasteiger partial charge in [-0.25, -0.2) is 0 Å². The predicted octanol–water partition coefficient (Wildman–Crippen LogP) is 0.867. The van der Waals surface area contributed by atoms with Crippen LogP contribution in [0, 0.1) is 0 Å². The van der Waals surface area contributed by atoms with E-state index in [0.29, 0.717) is 18.7 Å². The lowest BCUT2D eigenvalue weighted by Gasteiger charge is -2.10. The molecule has 0 saturated heterocycles. The van der Waals surface area contributed by atoms with Gasteiger partial charge in [0.15, 0.2) is 0 Å². The molecule has 0 atom stereocenters. The minimum atomic E-state index is 0.421. The molecule has 0 radical (unpaired) electrons. The van der Waals surface area contributed by atoms with E-state index in [0.717, 1.165) is 17.1 Å². The quantitative estimate of drug-likeness (QED) is 0.336. The van der Waals surface area contributed by atoms with Crippen molar-refractivity contribution in [3.63, 3.8) is 0 Å². The average Bonchev–Trinajstić information content (AvgIpc) is 2.35. The number of benzene rings is 1. The van der Waals surface area contributed by atoms with Crippen molar-refractivity contribution < 1.29 is 9.47 Å². The minimum Gasteiger partial charge on any atom is -0.497 e. The zero-order valence-corrected chi connectivity index (χ0v) is 9.56. The Labute approximate surface area is 95.0 Å². The highest BCUT2D eigenvalue weighted by Crippen LogP contribution is 2.24. The normalized spacial score (nSPS) is 11.2. The van der Waals surface area contributed by atoms with Crippen LogP contribution in [-0.2, 0) is 6.42 Å². The van der Waals surface area contributed by atoms with Gasteiger partial charge in [-0.1, -0.05) is 0 Å². The van der Waals surface area contributed by atoms with E-state index in [9.17, 15) is 0 Å². The first-order valence-corrected chi connectivity index (χ1v) is 4.94. The number of aryl methyl sites for hydroxylation is 1. The lowest BCUT2D eigenvalue weighted by Crippen LogP contribution is -2.14.